The topological polar surface area (TPSA) is 26.3 Å². The van der Waals surface area contributed by atoms with Gasteiger partial charge in [-0.3, -0.25) is 0 Å². The molecule has 152 valence electrons. The molecule has 0 N–H and O–H groups in total. The van der Waals surface area contributed by atoms with Crippen LogP contribution in [0.5, 0.6) is 0 Å². The molecule has 0 aliphatic carbocycles. The van der Waals surface area contributed by atoms with Crippen molar-refractivity contribution in [1.82, 2.24) is 0 Å². The second kappa shape index (κ2) is 14.4. The van der Waals surface area contributed by atoms with Crippen LogP contribution in [-0.2, 0) is 3.07 Å². The van der Waals surface area contributed by atoms with Gasteiger partial charge < -0.3 is 0 Å². The second-order valence-electron chi connectivity index (χ2n) is 7.76. The average molecular weight is 479 g/mol. The van der Waals surface area contributed by atoms with Crippen LogP contribution in [0.1, 0.15) is 76.1 Å². The SMILES string of the molecule is C=CCC(C[O][Sn]([CH2]CCC)([CH2]CCC)[CH2]CCC)C(=O)c1ccccc1. The van der Waals surface area contributed by atoms with Crippen LogP contribution >= 0.6 is 0 Å². The molecule has 0 spiro atoms. The molecule has 1 atom stereocenters. The molecule has 1 rings (SSSR count). The summed E-state index contributed by atoms with van der Waals surface area (Å²) in [5, 5.41) is 0. The van der Waals surface area contributed by atoms with Crippen LogP contribution in [0.15, 0.2) is 43.0 Å². The maximum absolute atomic E-state index is 13.0. The second-order valence-corrected chi connectivity index (χ2v) is 19.6. The van der Waals surface area contributed by atoms with Crippen molar-refractivity contribution in [3.8, 4) is 0 Å². The molecule has 3 heteroatoms. The number of hydrogen-bond donors (Lipinski definition) is 0. The van der Waals surface area contributed by atoms with E-state index < -0.39 is 18.8 Å². The van der Waals surface area contributed by atoms with Crippen molar-refractivity contribution in [2.24, 2.45) is 5.92 Å². The van der Waals surface area contributed by atoms with Crippen molar-refractivity contribution in [1.29, 1.82) is 0 Å². The zero-order valence-corrected chi connectivity index (χ0v) is 20.7. The van der Waals surface area contributed by atoms with Crippen molar-refractivity contribution in [3.63, 3.8) is 0 Å². The van der Waals surface area contributed by atoms with Crippen LogP contribution in [-0.4, -0.2) is 31.2 Å². The summed E-state index contributed by atoms with van der Waals surface area (Å²) >= 11 is -2.66. The number of ketones is 1. The first kappa shape index (κ1) is 24.4. The van der Waals surface area contributed by atoms with E-state index in [1.165, 1.54) is 51.8 Å². The molecule has 0 saturated heterocycles. The molecule has 0 heterocycles. The molecule has 1 unspecified atom stereocenters. The fraction of sp³-hybridized carbons (Fsp3) is 0.625. The van der Waals surface area contributed by atoms with E-state index in [1.54, 1.807) is 0 Å². The van der Waals surface area contributed by atoms with Crippen LogP contribution in [0, 0.1) is 5.92 Å². The third-order valence-electron chi connectivity index (χ3n) is 5.43. The summed E-state index contributed by atoms with van der Waals surface area (Å²) in [7, 11) is 0. The number of allylic oxidation sites excluding steroid dienone is 1. The molecule has 0 bridgehead atoms. The van der Waals surface area contributed by atoms with Gasteiger partial charge >= 0.3 is 173 Å². The molecular weight excluding hydrogens is 439 g/mol. The van der Waals surface area contributed by atoms with Gasteiger partial charge in [-0.05, 0) is 0 Å². The van der Waals surface area contributed by atoms with Crippen molar-refractivity contribution < 1.29 is 7.87 Å². The number of hydrogen-bond acceptors (Lipinski definition) is 2. The summed E-state index contributed by atoms with van der Waals surface area (Å²) < 4.78 is 10.8. The molecule has 0 fully saturated rings. The number of Topliss-reactive ketones (excluding diaryl/α,β-unsaturated/α-hetero) is 1. The first-order valence-electron chi connectivity index (χ1n) is 11.0. The van der Waals surface area contributed by atoms with Gasteiger partial charge in [-0.1, -0.05) is 0 Å². The predicted octanol–water partition coefficient (Wildman–Crippen LogP) is 7.42. The van der Waals surface area contributed by atoms with E-state index in [2.05, 4.69) is 27.4 Å². The van der Waals surface area contributed by atoms with E-state index in [0.29, 0.717) is 13.0 Å². The zero-order valence-electron chi connectivity index (χ0n) is 17.8. The first-order valence-corrected chi connectivity index (χ1v) is 18.2. The normalized spacial score (nSPS) is 12.7. The number of benzene rings is 1. The van der Waals surface area contributed by atoms with Gasteiger partial charge in [0.25, 0.3) is 0 Å². The zero-order chi connectivity index (χ0) is 20.0. The Morgan fingerprint density at radius 3 is 1.96 bits per heavy atom. The van der Waals surface area contributed by atoms with E-state index in [9.17, 15) is 4.79 Å². The molecule has 0 saturated carbocycles. The Kier molecular flexibility index (Phi) is 13.0. The number of carbonyl (C=O) groups is 1. The fourth-order valence-electron chi connectivity index (χ4n) is 3.66. The minimum atomic E-state index is -2.66. The Balaban J connectivity index is 2.90. The van der Waals surface area contributed by atoms with Crippen molar-refractivity contribution >= 4 is 24.6 Å². The van der Waals surface area contributed by atoms with Crippen LogP contribution in [0.2, 0.25) is 13.3 Å². The van der Waals surface area contributed by atoms with Crippen LogP contribution < -0.4 is 0 Å². The monoisotopic (exact) mass is 480 g/mol. The Morgan fingerprint density at radius 2 is 1.52 bits per heavy atom. The van der Waals surface area contributed by atoms with Crippen molar-refractivity contribution in [2.45, 2.75) is 79.0 Å². The Bertz CT molecular complexity index is 505. The molecular formula is C24H40O2Sn. The summed E-state index contributed by atoms with van der Waals surface area (Å²) in [5.41, 5.74) is 0.796. The predicted molar refractivity (Wildman–Crippen MR) is 120 cm³/mol. The van der Waals surface area contributed by atoms with Gasteiger partial charge in [-0.15, -0.1) is 0 Å². The molecule has 1 aromatic carbocycles. The molecule has 27 heavy (non-hydrogen) atoms. The average Bonchev–Trinajstić information content (AvgIpc) is 2.71. The number of rotatable bonds is 16. The molecule has 0 radical (unpaired) electrons. The van der Waals surface area contributed by atoms with E-state index in [0.717, 1.165) is 5.56 Å². The Morgan fingerprint density at radius 1 is 1.00 bits per heavy atom. The van der Waals surface area contributed by atoms with Gasteiger partial charge in [0.05, 0.1) is 0 Å². The van der Waals surface area contributed by atoms with E-state index in [4.69, 9.17) is 3.07 Å². The summed E-state index contributed by atoms with van der Waals surface area (Å²) in [6.07, 6.45) is 10.1. The van der Waals surface area contributed by atoms with E-state index in [-0.39, 0.29) is 11.7 Å². The van der Waals surface area contributed by atoms with E-state index >= 15 is 0 Å². The standard InChI is InChI=1S/C12H13O2.3C4H9.Sn/c1-2-6-11(9-13)12(14)10-7-4-3-5-8-10;3*1-3-4-2;/h2-5,7-8,11H,1,6,9H2;3*1,3-4H2,2H3;/q-1;;;;+1. The molecule has 0 amide bonds. The molecule has 0 aromatic heterocycles. The third-order valence-corrected chi connectivity index (χ3v) is 18.5. The van der Waals surface area contributed by atoms with Gasteiger partial charge in [-0.25, -0.2) is 0 Å². The molecule has 0 aliphatic rings. The number of unbranched alkanes of at least 4 members (excludes halogenated alkanes) is 3. The number of carbonyl (C=O) groups excluding carboxylic acids is 1. The Labute approximate surface area is 172 Å². The van der Waals surface area contributed by atoms with Crippen molar-refractivity contribution in [2.75, 3.05) is 6.61 Å². The summed E-state index contributed by atoms with van der Waals surface area (Å²) in [5.74, 6) is 0.114. The van der Waals surface area contributed by atoms with Gasteiger partial charge in [0.1, 0.15) is 0 Å². The third kappa shape index (κ3) is 8.95. The molecule has 1 aromatic rings. The van der Waals surface area contributed by atoms with Gasteiger partial charge in [-0.2, -0.15) is 0 Å². The van der Waals surface area contributed by atoms with E-state index in [1.807, 2.05) is 36.4 Å². The molecule has 0 aliphatic heterocycles. The van der Waals surface area contributed by atoms with Gasteiger partial charge in [0, 0.05) is 0 Å². The van der Waals surface area contributed by atoms with Crippen LogP contribution in [0.25, 0.3) is 0 Å². The summed E-state index contributed by atoms with van der Waals surface area (Å²) in [6, 6.07) is 9.66. The molecule has 2 nitrogen and oxygen atoms in total. The van der Waals surface area contributed by atoms with Crippen LogP contribution in [0.4, 0.5) is 0 Å². The fourth-order valence-corrected chi connectivity index (χ4v) is 17.2. The maximum atomic E-state index is 13.0. The quantitative estimate of drug-likeness (QED) is 0.140. The Hall–Kier alpha value is -0.611. The summed E-state index contributed by atoms with van der Waals surface area (Å²) in [4.78, 5) is 13.0. The first-order chi connectivity index (χ1) is 13.1. The van der Waals surface area contributed by atoms with Gasteiger partial charge in [0.2, 0.25) is 0 Å². The minimum absolute atomic E-state index is 0.0918. The van der Waals surface area contributed by atoms with Crippen LogP contribution in [0.3, 0.4) is 0 Å². The summed E-state index contributed by atoms with van der Waals surface area (Å²) in [6.45, 7) is 11.3. The van der Waals surface area contributed by atoms with Gasteiger partial charge in [0.15, 0.2) is 0 Å². The van der Waals surface area contributed by atoms with Crippen molar-refractivity contribution in [3.05, 3.63) is 48.6 Å².